The van der Waals surface area contributed by atoms with Crippen molar-refractivity contribution in [3.05, 3.63) is 33.0 Å². The van der Waals surface area contributed by atoms with Gasteiger partial charge in [0.15, 0.2) is 5.69 Å². The highest BCUT2D eigenvalue weighted by atomic mass is 32.1. The number of carbonyl (C=O) groups excluding carboxylic acids is 1. The van der Waals surface area contributed by atoms with Crippen molar-refractivity contribution in [2.24, 2.45) is 0 Å². The monoisotopic (exact) mass is 319 g/mol. The molecular formula is C15H21N5OS. The molecule has 1 aliphatic rings. The van der Waals surface area contributed by atoms with Crippen molar-refractivity contribution < 1.29 is 4.79 Å². The van der Waals surface area contributed by atoms with E-state index in [0.29, 0.717) is 24.7 Å². The highest BCUT2D eigenvalue weighted by molar-refractivity contribution is 7.09. The van der Waals surface area contributed by atoms with Gasteiger partial charge in [-0.1, -0.05) is 13.8 Å². The van der Waals surface area contributed by atoms with Crippen molar-refractivity contribution >= 4 is 17.2 Å². The Hall–Kier alpha value is -1.73. The maximum atomic E-state index is 12.2. The highest BCUT2D eigenvalue weighted by Crippen LogP contribution is 2.19. The van der Waals surface area contributed by atoms with Gasteiger partial charge in [0.1, 0.15) is 0 Å². The number of nitrogens with zero attached hydrogens (tertiary/aromatic N) is 2. The molecule has 0 saturated heterocycles. The first kappa shape index (κ1) is 15.2. The second kappa shape index (κ2) is 6.58. The third-order valence-corrected chi connectivity index (χ3v) is 4.95. The van der Waals surface area contributed by atoms with Crippen LogP contribution >= 0.6 is 11.3 Å². The molecule has 3 N–H and O–H groups in total. The third kappa shape index (κ3) is 3.20. The van der Waals surface area contributed by atoms with Crippen LogP contribution in [0.1, 0.15) is 52.2 Å². The fourth-order valence-corrected chi connectivity index (χ4v) is 3.37. The van der Waals surface area contributed by atoms with Crippen molar-refractivity contribution in [3.63, 3.8) is 0 Å². The standard InChI is InChI=1S/C15H21N5OS/c1-9(2)15-18-10(8-22-15)3-6-17-14(21)13-11-7-16-5-4-12(11)19-20-13/h8-9,16H,3-7H2,1-2H3,(H,17,21)(H,19,20). The Bertz CT molecular complexity index is 661. The molecular weight excluding hydrogens is 298 g/mol. The minimum atomic E-state index is -0.111. The Morgan fingerprint density at radius 2 is 2.36 bits per heavy atom. The lowest BCUT2D eigenvalue weighted by Gasteiger charge is -2.12. The van der Waals surface area contributed by atoms with E-state index >= 15 is 0 Å². The molecule has 0 radical (unpaired) electrons. The second-order valence-corrected chi connectivity index (χ2v) is 6.68. The Morgan fingerprint density at radius 1 is 1.50 bits per heavy atom. The predicted molar refractivity (Wildman–Crippen MR) is 86.2 cm³/mol. The summed E-state index contributed by atoms with van der Waals surface area (Å²) in [6.45, 7) is 6.49. The Kier molecular flexibility index (Phi) is 4.54. The van der Waals surface area contributed by atoms with Gasteiger partial charge in [0.05, 0.1) is 10.7 Å². The number of hydrogen-bond donors (Lipinski definition) is 3. The molecule has 0 fully saturated rings. The van der Waals surface area contributed by atoms with Crippen LogP contribution in [0, 0.1) is 0 Å². The van der Waals surface area contributed by atoms with Gasteiger partial charge in [0, 0.05) is 55.0 Å². The zero-order valence-corrected chi connectivity index (χ0v) is 13.7. The number of amides is 1. The van der Waals surface area contributed by atoms with Gasteiger partial charge in [0.25, 0.3) is 5.91 Å². The Morgan fingerprint density at radius 3 is 3.14 bits per heavy atom. The smallest absolute Gasteiger partial charge is 0.272 e. The van der Waals surface area contributed by atoms with Gasteiger partial charge in [0.2, 0.25) is 0 Å². The van der Waals surface area contributed by atoms with E-state index in [1.54, 1.807) is 11.3 Å². The number of aromatic amines is 1. The molecule has 1 amide bonds. The number of hydrogen-bond acceptors (Lipinski definition) is 5. The van der Waals surface area contributed by atoms with E-state index in [0.717, 1.165) is 41.3 Å². The van der Waals surface area contributed by atoms with Crippen LogP contribution in [-0.4, -0.2) is 34.2 Å². The van der Waals surface area contributed by atoms with Gasteiger partial charge in [-0.3, -0.25) is 9.89 Å². The molecule has 0 aliphatic carbocycles. The minimum Gasteiger partial charge on any atom is -0.350 e. The molecule has 0 spiro atoms. The van der Waals surface area contributed by atoms with Crippen LogP contribution in [0.4, 0.5) is 0 Å². The van der Waals surface area contributed by atoms with E-state index in [2.05, 4.69) is 45.0 Å². The normalized spacial score (nSPS) is 14.1. The van der Waals surface area contributed by atoms with Gasteiger partial charge in [-0.2, -0.15) is 5.10 Å². The third-order valence-electron chi connectivity index (χ3n) is 3.75. The summed E-state index contributed by atoms with van der Waals surface area (Å²) in [5, 5.41) is 16.6. The molecule has 0 saturated carbocycles. The van der Waals surface area contributed by atoms with Crippen molar-refractivity contribution in [1.82, 2.24) is 25.8 Å². The highest BCUT2D eigenvalue weighted by Gasteiger charge is 2.21. The lowest BCUT2D eigenvalue weighted by atomic mass is 10.1. The molecule has 7 heteroatoms. The van der Waals surface area contributed by atoms with Gasteiger partial charge in [-0.15, -0.1) is 11.3 Å². The first-order chi connectivity index (χ1) is 10.6. The SMILES string of the molecule is CC(C)c1nc(CCNC(=O)c2n[nH]c3c2CNCC3)cs1. The average molecular weight is 319 g/mol. The molecule has 3 rings (SSSR count). The molecule has 0 atom stereocenters. The molecule has 0 unspecified atom stereocenters. The first-order valence-corrected chi connectivity index (χ1v) is 8.52. The molecule has 2 aromatic rings. The molecule has 22 heavy (non-hydrogen) atoms. The predicted octanol–water partition coefficient (Wildman–Crippen LogP) is 1.61. The largest absolute Gasteiger partial charge is 0.350 e. The number of rotatable bonds is 5. The van der Waals surface area contributed by atoms with Crippen molar-refractivity contribution in [3.8, 4) is 0 Å². The number of thiazole rings is 1. The van der Waals surface area contributed by atoms with E-state index in [9.17, 15) is 4.79 Å². The minimum absolute atomic E-state index is 0.111. The second-order valence-electron chi connectivity index (χ2n) is 5.79. The van der Waals surface area contributed by atoms with E-state index in [1.165, 1.54) is 0 Å². The number of H-pyrrole nitrogens is 1. The summed E-state index contributed by atoms with van der Waals surface area (Å²) in [6.07, 6.45) is 1.65. The van der Waals surface area contributed by atoms with Gasteiger partial charge < -0.3 is 10.6 Å². The van der Waals surface area contributed by atoms with E-state index < -0.39 is 0 Å². The maximum Gasteiger partial charge on any atom is 0.272 e. The summed E-state index contributed by atoms with van der Waals surface area (Å²) >= 11 is 1.68. The number of fused-ring (bicyclic) bond motifs is 1. The molecule has 6 nitrogen and oxygen atoms in total. The van der Waals surface area contributed by atoms with Crippen LogP contribution in [0.15, 0.2) is 5.38 Å². The molecule has 0 bridgehead atoms. The van der Waals surface area contributed by atoms with Crippen LogP contribution in [-0.2, 0) is 19.4 Å². The van der Waals surface area contributed by atoms with Crippen LogP contribution < -0.4 is 10.6 Å². The van der Waals surface area contributed by atoms with Gasteiger partial charge in [-0.05, 0) is 0 Å². The van der Waals surface area contributed by atoms with E-state index in [4.69, 9.17) is 0 Å². The average Bonchev–Trinajstić information content (AvgIpc) is 3.13. The Balaban J connectivity index is 1.55. The zero-order valence-electron chi connectivity index (χ0n) is 12.9. The summed E-state index contributed by atoms with van der Waals surface area (Å²) in [5.41, 5.74) is 3.63. The molecule has 2 aromatic heterocycles. The Labute approximate surface area is 133 Å². The summed E-state index contributed by atoms with van der Waals surface area (Å²) in [4.78, 5) is 16.8. The molecule has 1 aliphatic heterocycles. The van der Waals surface area contributed by atoms with Crippen LogP contribution in [0.25, 0.3) is 0 Å². The van der Waals surface area contributed by atoms with Crippen LogP contribution in [0.5, 0.6) is 0 Å². The lowest BCUT2D eigenvalue weighted by Crippen LogP contribution is -2.29. The number of aromatic nitrogens is 3. The van der Waals surface area contributed by atoms with E-state index in [-0.39, 0.29) is 5.91 Å². The van der Waals surface area contributed by atoms with Crippen molar-refractivity contribution in [2.75, 3.05) is 13.1 Å². The van der Waals surface area contributed by atoms with Gasteiger partial charge in [-0.25, -0.2) is 4.98 Å². The fraction of sp³-hybridized carbons (Fsp3) is 0.533. The molecule has 118 valence electrons. The summed E-state index contributed by atoms with van der Waals surface area (Å²) in [5.74, 6) is 0.344. The van der Waals surface area contributed by atoms with Crippen LogP contribution in [0.2, 0.25) is 0 Å². The van der Waals surface area contributed by atoms with E-state index in [1.807, 2.05) is 0 Å². The number of nitrogens with one attached hydrogen (secondary N) is 3. The van der Waals surface area contributed by atoms with Crippen molar-refractivity contribution in [2.45, 2.75) is 39.2 Å². The quantitative estimate of drug-likeness (QED) is 0.782. The lowest BCUT2D eigenvalue weighted by molar-refractivity contribution is 0.0948. The topological polar surface area (TPSA) is 82.7 Å². The first-order valence-electron chi connectivity index (χ1n) is 7.64. The summed E-state index contributed by atoms with van der Waals surface area (Å²) in [7, 11) is 0. The number of carbonyl (C=O) groups is 1. The molecule has 0 aromatic carbocycles. The van der Waals surface area contributed by atoms with Gasteiger partial charge >= 0.3 is 0 Å². The summed E-state index contributed by atoms with van der Waals surface area (Å²) in [6, 6.07) is 0. The summed E-state index contributed by atoms with van der Waals surface area (Å²) < 4.78 is 0. The maximum absolute atomic E-state index is 12.2. The molecule has 3 heterocycles. The zero-order chi connectivity index (χ0) is 15.5. The van der Waals surface area contributed by atoms with Crippen molar-refractivity contribution in [1.29, 1.82) is 0 Å². The fourth-order valence-electron chi connectivity index (χ4n) is 2.50. The van der Waals surface area contributed by atoms with Crippen LogP contribution in [0.3, 0.4) is 0 Å².